The third-order valence-electron chi connectivity index (χ3n) is 3.72. The van der Waals surface area contributed by atoms with Crippen molar-refractivity contribution < 1.29 is 13.2 Å². The first-order valence-electron chi connectivity index (χ1n) is 6.86. The van der Waals surface area contributed by atoms with Crippen molar-refractivity contribution >= 4 is 27.3 Å². The van der Waals surface area contributed by atoms with Gasteiger partial charge in [-0.05, 0) is 49.7 Å². The molecule has 0 aromatic heterocycles. The quantitative estimate of drug-likeness (QED) is 0.761. The summed E-state index contributed by atoms with van der Waals surface area (Å²) < 4.78 is 24.9. The van der Waals surface area contributed by atoms with Crippen LogP contribution in [-0.2, 0) is 14.8 Å². The molecule has 1 aromatic rings. The molecule has 1 aliphatic heterocycles. The van der Waals surface area contributed by atoms with E-state index >= 15 is 0 Å². The maximum atomic E-state index is 12.1. The van der Waals surface area contributed by atoms with Gasteiger partial charge in [0, 0.05) is 11.6 Å². The molecular formula is C14H21N3O3S. The van der Waals surface area contributed by atoms with Gasteiger partial charge in [0.15, 0.2) is 0 Å². The number of sulfonamides is 1. The lowest BCUT2D eigenvalue weighted by molar-refractivity contribution is -0.121. The molecule has 0 radical (unpaired) electrons. The van der Waals surface area contributed by atoms with Gasteiger partial charge < -0.3 is 10.6 Å². The minimum atomic E-state index is -3.30. The van der Waals surface area contributed by atoms with Gasteiger partial charge in [0.1, 0.15) is 0 Å². The molecule has 21 heavy (non-hydrogen) atoms. The lowest BCUT2D eigenvalue weighted by Crippen LogP contribution is -2.48. The summed E-state index contributed by atoms with van der Waals surface area (Å²) in [6, 6.07) is 5.11. The van der Waals surface area contributed by atoms with E-state index in [-0.39, 0.29) is 11.8 Å². The monoisotopic (exact) mass is 311 g/mol. The molecule has 0 aliphatic carbocycles. The van der Waals surface area contributed by atoms with Crippen molar-refractivity contribution in [3.63, 3.8) is 0 Å². The van der Waals surface area contributed by atoms with Crippen molar-refractivity contribution in [2.75, 3.05) is 29.4 Å². The number of benzene rings is 1. The lowest BCUT2D eigenvalue weighted by atomic mass is 9.88. The van der Waals surface area contributed by atoms with Crippen LogP contribution in [0.25, 0.3) is 0 Å². The molecule has 0 saturated carbocycles. The van der Waals surface area contributed by atoms with E-state index in [9.17, 15) is 13.2 Å². The van der Waals surface area contributed by atoms with Crippen LogP contribution in [0.4, 0.5) is 11.4 Å². The fourth-order valence-electron chi connectivity index (χ4n) is 2.19. The Morgan fingerprint density at radius 2 is 2.05 bits per heavy atom. The Morgan fingerprint density at radius 1 is 1.38 bits per heavy atom. The number of carbonyl (C=O) groups excluding carboxylic acids is 1. The van der Waals surface area contributed by atoms with Crippen LogP contribution >= 0.6 is 0 Å². The molecule has 1 aromatic carbocycles. The topological polar surface area (TPSA) is 87.3 Å². The maximum Gasteiger partial charge on any atom is 0.229 e. The van der Waals surface area contributed by atoms with E-state index in [1.54, 1.807) is 25.1 Å². The largest absolute Gasteiger partial charge is 0.326 e. The Labute approximate surface area is 125 Å². The Hall–Kier alpha value is -1.60. The van der Waals surface area contributed by atoms with Gasteiger partial charge in [0.25, 0.3) is 0 Å². The first kappa shape index (κ1) is 15.8. The summed E-state index contributed by atoms with van der Waals surface area (Å²) in [5.74, 6) is 0.336. The van der Waals surface area contributed by atoms with Crippen LogP contribution in [0.15, 0.2) is 18.2 Å². The molecule has 1 unspecified atom stereocenters. The second kappa shape index (κ2) is 6.03. The molecule has 1 saturated heterocycles. The molecular weight excluding hydrogens is 290 g/mol. The summed E-state index contributed by atoms with van der Waals surface area (Å²) >= 11 is 0. The van der Waals surface area contributed by atoms with Crippen molar-refractivity contribution in [1.29, 1.82) is 0 Å². The van der Waals surface area contributed by atoms with Crippen LogP contribution in [0, 0.1) is 18.8 Å². The van der Waals surface area contributed by atoms with E-state index in [1.165, 1.54) is 0 Å². The molecule has 2 rings (SSSR count). The van der Waals surface area contributed by atoms with E-state index in [0.717, 1.165) is 24.9 Å². The summed E-state index contributed by atoms with van der Waals surface area (Å²) in [7, 11) is -3.30. The molecule has 0 bridgehead atoms. The third-order valence-corrected chi connectivity index (χ3v) is 4.31. The number of nitrogens with one attached hydrogen (secondary N) is 3. The van der Waals surface area contributed by atoms with Gasteiger partial charge in [-0.1, -0.05) is 6.92 Å². The summed E-state index contributed by atoms with van der Waals surface area (Å²) in [5.41, 5.74) is 1.96. The normalized spacial score (nSPS) is 16.9. The zero-order valence-electron chi connectivity index (χ0n) is 12.4. The van der Waals surface area contributed by atoms with Crippen LogP contribution in [0.2, 0.25) is 0 Å². The average molecular weight is 311 g/mol. The van der Waals surface area contributed by atoms with Crippen LogP contribution in [0.1, 0.15) is 12.5 Å². The highest BCUT2D eigenvalue weighted by molar-refractivity contribution is 7.92. The predicted molar refractivity (Wildman–Crippen MR) is 83.8 cm³/mol. The second-order valence-electron chi connectivity index (χ2n) is 5.60. The molecule has 1 fully saturated rings. The highest BCUT2D eigenvalue weighted by Crippen LogP contribution is 2.22. The number of carbonyl (C=O) groups is 1. The summed E-state index contributed by atoms with van der Waals surface area (Å²) in [6.45, 7) is 5.48. The first-order chi connectivity index (χ1) is 9.76. The minimum absolute atomic E-state index is 0.00952. The Morgan fingerprint density at radius 3 is 2.52 bits per heavy atom. The molecule has 0 spiro atoms. The number of aryl methyl sites for hydroxylation is 1. The molecule has 7 heteroatoms. The van der Waals surface area contributed by atoms with Crippen molar-refractivity contribution in [3.05, 3.63) is 23.8 Å². The summed E-state index contributed by atoms with van der Waals surface area (Å²) in [6.07, 6.45) is 1.11. The molecule has 6 nitrogen and oxygen atoms in total. The van der Waals surface area contributed by atoms with Crippen molar-refractivity contribution in [1.82, 2.24) is 5.32 Å². The van der Waals surface area contributed by atoms with Crippen LogP contribution in [0.5, 0.6) is 0 Å². The smallest absolute Gasteiger partial charge is 0.229 e. The molecule has 1 aliphatic rings. The number of anilines is 2. The zero-order chi connectivity index (χ0) is 15.6. The molecule has 116 valence electrons. The standard InChI is InChI=1S/C14H21N3O3S/c1-9-6-12(4-5-13(9)17-21(3,19)20)16-14(18)10(2)11-7-15-8-11/h4-6,10-11,15,17H,7-8H2,1-3H3,(H,16,18). The van der Waals surface area contributed by atoms with E-state index in [1.807, 2.05) is 6.92 Å². The average Bonchev–Trinajstić information content (AvgIpc) is 2.29. The van der Waals surface area contributed by atoms with Crippen LogP contribution in [-0.4, -0.2) is 33.7 Å². The van der Waals surface area contributed by atoms with Gasteiger partial charge in [0.2, 0.25) is 15.9 Å². The SMILES string of the molecule is Cc1cc(NC(=O)C(C)C2CNC2)ccc1NS(C)(=O)=O. The van der Waals surface area contributed by atoms with E-state index in [4.69, 9.17) is 0 Å². The van der Waals surface area contributed by atoms with Crippen molar-refractivity contribution in [2.45, 2.75) is 13.8 Å². The maximum absolute atomic E-state index is 12.1. The number of amides is 1. The molecule has 1 heterocycles. The van der Waals surface area contributed by atoms with Crippen LogP contribution < -0.4 is 15.4 Å². The third kappa shape index (κ3) is 4.18. The minimum Gasteiger partial charge on any atom is -0.326 e. The highest BCUT2D eigenvalue weighted by Gasteiger charge is 2.28. The van der Waals surface area contributed by atoms with Gasteiger partial charge in [-0.15, -0.1) is 0 Å². The summed E-state index contributed by atoms with van der Waals surface area (Å²) in [5, 5.41) is 6.03. The van der Waals surface area contributed by atoms with E-state index in [0.29, 0.717) is 17.3 Å². The number of hydrogen-bond acceptors (Lipinski definition) is 4. The molecule has 1 atom stereocenters. The highest BCUT2D eigenvalue weighted by atomic mass is 32.2. The van der Waals surface area contributed by atoms with Gasteiger partial charge >= 0.3 is 0 Å². The van der Waals surface area contributed by atoms with E-state index < -0.39 is 10.0 Å². The predicted octanol–water partition coefficient (Wildman–Crippen LogP) is 1.16. The molecule has 3 N–H and O–H groups in total. The Balaban J connectivity index is 2.04. The van der Waals surface area contributed by atoms with Gasteiger partial charge in [0.05, 0.1) is 11.9 Å². The number of hydrogen-bond donors (Lipinski definition) is 3. The Bertz CT molecular complexity index is 639. The fourth-order valence-corrected chi connectivity index (χ4v) is 2.82. The Kier molecular flexibility index (Phi) is 4.53. The summed E-state index contributed by atoms with van der Waals surface area (Å²) in [4.78, 5) is 12.1. The zero-order valence-corrected chi connectivity index (χ0v) is 13.3. The number of rotatable bonds is 5. The lowest BCUT2D eigenvalue weighted by Gasteiger charge is -2.31. The van der Waals surface area contributed by atoms with Crippen molar-refractivity contribution in [3.8, 4) is 0 Å². The van der Waals surface area contributed by atoms with Gasteiger partial charge in [-0.25, -0.2) is 8.42 Å². The molecule has 1 amide bonds. The van der Waals surface area contributed by atoms with Gasteiger partial charge in [-0.3, -0.25) is 9.52 Å². The second-order valence-corrected chi connectivity index (χ2v) is 7.35. The van der Waals surface area contributed by atoms with Crippen molar-refractivity contribution in [2.24, 2.45) is 11.8 Å². The van der Waals surface area contributed by atoms with Crippen LogP contribution in [0.3, 0.4) is 0 Å². The van der Waals surface area contributed by atoms with E-state index in [2.05, 4.69) is 15.4 Å². The van der Waals surface area contributed by atoms with Gasteiger partial charge in [-0.2, -0.15) is 0 Å². The fraction of sp³-hybridized carbons (Fsp3) is 0.500. The first-order valence-corrected chi connectivity index (χ1v) is 8.75.